The molecule has 0 spiro atoms. The van der Waals surface area contributed by atoms with E-state index >= 15 is 0 Å². The standard InChI is InChI=1S/C20H18N6O3S/c1-28-15-6-4-14(5-7-15)23-18(27)13-30-20-25-24-19(17-11-21-8-9-22-17)26(20)12-16-3-2-10-29-16/h2-11H,12-13H2,1H3,(H,23,27). The Morgan fingerprint density at radius 2 is 2.07 bits per heavy atom. The van der Waals surface area contributed by atoms with Crippen molar-refractivity contribution in [2.24, 2.45) is 0 Å². The fraction of sp³-hybridized carbons (Fsp3) is 0.150. The number of amides is 1. The number of thioether (sulfide) groups is 1. The minimum atomic E-state index is -0.154. The van der Waals surface area contributed by atoms with Crippen LogP contribution in [0, 0.1) is 0 Å². The minimum absolute atomic E-state index is 0.154. The number of carbonyl (C=O) groups is 1. The maximum Gasteiger partial charge on any atom is 0.234 e. The van der Waals surface area contributed by atoms with E-state index in [1.165, 1.54) is 11.8 Å². The molecule has 0 atom stereocenters. The molecule has 3 heterocycles. The maximum absolute atomic E-state index is 12.4. The Labute approximate surface area is 176 Å². The lowest BCUT2D eigenvalue weighted by atomic mass is 10.3. The third kappa shape index (κ3) is 4.66. The summed E-state index contributed by atoms with van der Waals surface area (Å²) >= 11 is 1.28. The molecule has 0 unspecified atom stereocenters. The van der Waals surface area contributed by atoms with Crippen molar-refractivity contribution in [3.05, 3.63) is 67.0 Å². The van der Waals surface area contributed by atoms with Crippen LogP contribution in [0.1, 0.15) is 5.76 Å². The number of carbonyl (C=O) groups excluding carboxylic acids is 1. The van der Waals surface area contributed by atoms with Crippen molar-refractivity contribution in [1.29, 1.82) is 0 Å². The zero-order valence-corrected chi connectivity index (χ0v) is 16.9. The fourth-order valence-corrected chi connectivity index (χ4v) is 3.44. The molecule has 1 aromatic carbocycles. The van der Waals surface area contributed by atoms with Crippen LogP contribution >= 0.6 is 11.8 Å². The Bertz CT molecular complexity index is 1100. The van der Waals surface area contributed by atoms with E-state index in [9.17, 15) is 4.79 Å². The summed E-state index contributed by atoms with van der Waals surface area (Å²) in [5, 5.41) is 11.9. The van der Waals surface area contributed by atoms with Crippen molar-refractivity contribution in [2.45, 2.75) is 11.7 Å². The number of hydrogen-bond acceptors (Lipinski definition) is 8. The summed E-state index contributed by atoms with van der Waals surface area (Å²) < 4.78 is 12.4. The van der Waals surface area contributed by atoms with Gasteiger partial charge in [-0.2, -0.15) is 0 Å². The molecule has 30 heavy (non-hydrogen) atoms. The number of anilines is 1. The first-order chi connectivity index (χ1) is 14.7. The molecule has 0 fully saturated rings. The molecule has 0 bridgehead atoms. The van der Waals surface area contributed by atoms with Gasteiger partial charge in [0.1, 0.15) is 17.2 Å². The van der Waals surface area contributed by atoms with Crippen LogP contribution < -0.4 is 10.1 Å². The second kappa shape index (κ2) is 9.23. The molecular weight excluding hydrogens is 404 g/mol. The summed E-state index contributed by atoms with van der Waals surface area (Å²) in [6.07, 6.45) is 6.41. The van der Waals surface area contributed by atoms with Crippen molar-refractivity contribution < 1.29 is 13.9 Å². The first-order valence-corrected chi connectivity index (χ1v) is 10.00. The van der Waals surface area contributed by atoms with Crippen LogP contribution in [0.4, 0.5) is 5.69 Å². The predicted molar refractivity (Wildman–Crippen MR) is 111 cm³/mol. The minimum Gasteiger partial charge on any atom is -0.497 e. The third-order valence-electron chi connectivity index (χ3n) is 4.11. The van der Waals surface area contributed by atoms with Gasteiger partial charge in [-0.3, -0.25) is 14.3 Å². The highest BCUT2D eigenvalue weighted by Gasteiger charge is 2.18. The molecule has 9 nitrogen and oxygen atoms in total. The molecule has 4 rings (SSSR count). The Morgan fingerprint density at radius 1 is 1.20 bits per heavy atom. The second-order valence-corrected chi connectivity index (χ2v) is 7.07. The van der Waals surface area contributed by atoms with Crippen molar-refractivity contribution in [1.82, 2.24) is 24.7 Å². The molecule has 0 aliphatic heterocycles. The lowest BCUT2D eigenvalue weighted by Gasteiger charge is -2.09. The quantitative estimate of drug-likeness (QED) is 0.432. The Kier molecular flexibility index (Phi) is 6.04. The van der Waals surface area contributed by atoms with Crippen LogP contribution in [0.15, 0.2) is 70.8 Å². The number of hydrogen-bond donors (Lipinski definition) is 1. The Morgan fingerprint density at radius 3 is 2.77 bits per heavy atom. The van der Waals surface area contributed by atoms with Crippen molar-refractivity contribution in [2.75, 3.05) is 18.2 Å². The van der Waals surface area contributed by atoms with Gasteiger partial charge < -0.3 is 14.5 Å². The summed E-state index contributed by atoms with van der Waals surface area (Å²) in [7, 11) is 1.60. The maximum atomic E-state index is 12.4. The Hall–Kier alpha value is -3.66. The molecule has 10 heteroatoms. The van der Waals surface area contributed by atoms with Crippen LogP contribution in [0.5, 0.6) is 5.75 Å². The summed E-state index contributed by atoms with van der Waals surface area (Å²) in [4.78, 5) is 20.8. The van der Waals surface area contributed by atoms with E-state index < -0.39 is 0 Å². The zero-order valence-electron chi connectivity index (χ0n) is 16.1. The molecule has 1 N–H and O–H groups in total. The van der Waals surface area contributed by atoms with Crippen LogP contribution in [0.25, 0.3) is 11.5 Å². The summed E-state index contributed by atoms with van der Waals surface area (Å²) in [5.74, 6) is 2.04. The van der Waals surface area contributed by atoms with Gasteiger partial charge in [0.15, 0.2) is 11.0 Å². The predicted octanol–water partition coefficient (Wildman–Crippen LogP) is 3.12. The van der Waals surface area contributed by atoms with E-state index in [1.54, 1.807) is 56.2 Å². The van der Waals surface area contributed by atoms with E-state index in [0.29, 0.717) is 28.9 Å². The van der Waals surface area contributed by atoms with Crippen molar-refractivity contribution in [3.8, 4) is 17.3 Å². The number of furan rings is 1. The van der Waals surface area contributed by atoms with Crippen LogP contribution in [-0.4, -0.2) is 43.5 Å². The number of ether oxygens (including phenoxy) is 1. The highest BCUT2D eigenvalue weighted by molar-refractivity contribution is 7.99. The lowest BCUT2D eigenvalue weighted by molar-refractivity contribution is -0.113. The first kappa shape index (κ1) is 19.6. The molecule has 1 amide bonds. The van der Waals surface area contributed by atoms with Gasteiger partial charge in [-0.25, -0.2) is 4.98 Å². The summed E-state index contributed by atoms with van der Waals surface area (Å²) in [5.41, 5.74) is 1.28. The van der Waals surface area contributed by atoms with Gasteiger partial charge >= 0.3 is 0 Å². The van der Waals surface area contributed by atoms with Gasteiger partial charge in [-0.15, -0.1) is 10.2 Å². The molecule has 0 saturated heterocycles. The van der Waals surface area contributed by atoms with Crippen molar-refractivity contribution >= 4 is 23.4 Å². The molecule has 3 aromatic heterocycles. The monoisotopic (exact) mass is 422 g/mol. The van der Waals surface area contributed by atoms with Gasteiger partial charge in [-0.05, 0) is 36.4 Å². The number of aromatic nitrogens is 5. The molecule has 0 saturated carbocycles. The number of nitrogens with one attached hydrogen (secondary N) is 1. The van der Waals surface area contributed by atoms with Gasteiger partial charge in [0.05, 0.1) is 31.9 Å². The van der Waals surface area contributed by atoms with E-state index in [2.05, 4.69) is 25.5 Å². The molecule has 152 valence electrons. The average Bonchev–Trinajstić information content (AvgIpc) is 3.44. The van der Waals surface area contributed by atoms with E-state index in [1.807, 2.05) is 16.7 Å². The average molecular weight is 422 g/mol. The van der Waals surface area contributed by atoms with Crippen molar-refractivity contribution in [3.63, 3.8) is 0 Å². The smallest absolute Gasteiger partial charge is 0.234 e. The number of nitrogens with zero attached hydrogens (tertiary/aromatic N) is 5. The van der Waals surface area contributed by atoms with Gasteiger partial charge in [-0.1, -0.05) is 11.8 Å². The highest BCUT2D eigenvalue weighted by atomic mass is 32.2. The summed E-state index contributed by atoms with van der Waals surface area (Å²) in [6.45, 7) is 0.411. The van der Waals surface area contributed by atoms with Crippen LogP contribution in [-0.2, 0) is 11.3 Å². The number of methoxy groups -OCH3 is 1. The van der Waals surface area contributed by atoms with E-state index in [4.69, 9.17) is 9.15 Å². The van der Waals surface area contributed by atoms with Crippen LogP contribution in [0.2, 0.25) is 0 Å². The SMILES string of the molecule is COc1ccc(NC(=O)CSc2nnc(-c3cnccn3)n2Cc2ccco2)cc1. The highest BCUT2D eigenvalue weighted by Crippen LogP contribution is 2.24. The molecular formula is C20H18N6O3S. The third-order valence-corrected chi connectivity index (χ3v) is 5.08. The number of rotatable bonds is 8. The molecule has 4 aromatic rings. The lowest BCUT2D eigenvalue weighted by Crippen LogP contribution is -2.14. The zero-order chi connectivity index (χ0) is 20.8. The topological polar surface area (TPSA) is 108 Å². The largest absolute Gasteiger partial charge is 0.497 e. The van der Waals surface area contributed by atoms with Gasteiger partial charge in [0.25, 0.3) is 0 Å². The van der Waals surface area contributed by atoms with Gasteiger partial charge in [0, 0.05) is 18.1 Å². The summed E-state index contributed by atoms with van der Waals surface area (Å²) in [6, 6.07) is 10.8. The molecule has 0 radical (unpaired) electrons. The fourth-order valence-electron chi connectivity index (χ4n) is 2.70. The van der Waals surface area contributed by atoms with E-state index in [-0.39, 0.29) is 11.7 Å². The second-order valence-electron chi connectivity index (χ2n) is 6.13. The van der Waals surface area contributed by atoms with E-state index in [0.717, 1.165) is 11.5 Å². The Balaban J connectivity index is 1.48. The number of benzene rings is 1. The first-order valence-electron chi connectivity index (χ1n) is 9.01. The molecule has 0 aliphatic carbocycles. The normalized spacial score (nSPS) is 10.7. The molecule has 0 aliphatic rings. The van der Waals surface area contributed by atoms with Crippen LogP contribution in [0.3, 0.4) is 0 Å². The van der Waals surface area contributed by atoms with Gasteiger partial charge in [0.2, 0.25) is 5.91 Å².